The third-order valence-electron chi connectivity index (χ3n) is 4.11. The van der Waals surface area contributed by atoms with E-state index >= 15 is 0 Å². The van der Waals surface area contributed by atoms with Crippen molar-refractivity contribution in [3.8, 4) is 5.75 Å². The van der Waals surface area contributed by atoms with Crippen LogP contribution < -0.4 is 19.9 Å². The molecular formula is C19H21N3O3. The minimum atomic E-state index is -0.198. The summed E-state index contributed by atoms with van der Waals surface area (Å²) >= 11 is 0. The molecule has 0 aromatic heterocycles. The number of fused-ring (bicyclic) bond motifs is 1. The number of rotatable bonds is 3. The van der Waals surface area contributed by atoms with Crippen molar-refractivity contribution >= 4 is 28.9 Å². The van der Waals surface area contributed by atoms with Crippen LogP contribution >= 0.6 is 0 Å². The standard InChI is InChI=1S/C19H21N3O3/c1-13(23)22-10-11-25-18-9-6-15(12-17(18)22)20-19(24)14-4-7-16(8-5-14)21(2)3/h4-9,12H,10-11H2,1-3H3,(H,20,24). The Morgan fingerprint density at radius 3 is 2.48 bits per heavy atom. The van der Waals surface area contributed by atoms with Crippen molar-refractivity contribution in [1.82, 2.24) is 0 Å². The summed E-state index contributed by atoms with van der Waals surface area (Å²) in [5.41, 5.74) is 2.90. The van der Waals surface area contributed by atoms with Gasteiger partial charge in [0.1, 0.15) is 12.4 Å². The molecule has 25 heavy (non-hydrogen) atoms. The van der Waals surface area contributed by atoms with Crippen LogP contribution in [0.25, 0.3) is 0 Å². The van der Waals surface area contributed by atoms with Crippen molar-refractivity contribution in [2.45, 2.75) is 6.92 Å². The minimum Gasteiger partial charge on any atom is -0.490 e. The van der Waals surface area contributed by atoms with Crippen LogP contribution in [0.15, 0.2) is 42.5 Å². The molecular weight excluding hydrogens is 318 g/mol. The molecule has 0 fully saturated rings. The van der Waals surface area contributed by atoms with E-state index < -0.39 is 0 Å². The van der Waals surface area contributed by atoms with E-state index in [1.807, 2.05) is 31.1 Å². The molecule has 0 radical (unpaired) electrons. The molecule has 0 atom stereocenters. The molecule has 3 rings (SSSR count). The number of hydrogen-bond donors (Lipinski definition) is 1. The number of benzene rings is 2. The Morgan fingerprint density at radius 2 is 1.84 bits per heavy atom. The molecule has 6 nitrogen and oxygen atoms in total. The average molecular weight is 339 g/mol. The number of anilines is 3. The quantitative estimate of drug-likeness (QED) is 0.934. The highest BCUT2D eigenvalue weighted by atomic mass is 16.5. The van der Waals surface area contributed by atoms with Crippen LogP contribution in [0.5, 0.6) is 5.75 Å². The predicted molar refractivity (Wildman–Crippen MR) is 98.7 cm³/mol. The molecule has 1 aliphatic rings. The van der Waals surface area contributed by atoms with Gasteiger partial charge in [-0.1, -0.05) is 0 Å². The summed E-state index contributed by atoms with van der Waals surface area (Å²) in [5.74, 6) is 0.401. The number of ether oxygens (including phenoxy) is 1. The van der Waals surface area contributed by atoms with Gasteiger partial charge in [0.2, 0.25) is 5.91 Å². The third kappa shape index (κ3) is 3.57. The highest BCUT2D eigenvalue weighted by molar-refractivity contribution is 6.05. The van der Waals surface area contributed by atoms with E-state index in [9.17, 15) is 9.59 Å². The van der Waals surface area contributed by atoms with Gasteiger partial charge in [0, 0.05) is 38.0 Å². The summed E-state index contributed by atoms with van der Waals surface area (Å²) in [6, 6.07) is 12.7. The largest absolute Gasteiger partial charge is 0.490 e. The summed E-state index contributed by atoms with van der Waals surface area (Å²) in [4.78, 5) is 27.9. The molecule has 1 aliphatic heterocycles. The van der Waals surface area contributed by atoms with Crippen LogP contribution in [0, 0.1) is 0 Å². The van der Waals surface area contributed by atoms with Gasteiger partial charge < -0.3 is 19.9 Å². The van der Waals surface area contributed by atoms with Gasteiger partial charge in [-0.2, -0.15) is 0 Å². The van der Waals surface area contributed by atoms with Gasteiger partial charge in [-0.25, -0.2) is 0 Å². The molecule has 2 amide bonds. The molecule has 6 heteroatoms. The lowest BCUT2D eigenvalue weighted by Gasteiger charge is -2.29. The Kier molecular flexibility index (Phi) is 4.61. The van der Waals surface area contributed by atoms with Crippen molar-refractivity contribution in [1.29, 1.82) is 0 Å². The lowest BCUT2D eigenvalue weighted by atomic mass is 10.1. The lowest BCUT2D eigenvalue weighted by molar-refractivity contribution is -0.116. The topological polar surface area (TPSA) is 61.9 Å². The van der Waals surface area contributed by atoms with Crippen molar-refractivity contribution in [2.24, 2.45) is 0 Å². The Labute approximate surface area is 147 Å². The second-order valence-corrected chi connectivity index (χ2v) is 6.10. The Morgan fingerprint density at radius 1 is 1.12 bits per heavy atom. The average Bonchev–Trinajstić information content (AvgIpc) is 2.61. The van der Waals surface area contributed by atoms with Gasteiger partial charge in [0.15, 0.2) is 0 Å². The fraction of sp³-hybridized carbons (Fsp3) is 0.263. The van der Waals surface area contributed by atoms with Gasteiger partial charge in [0.25, 0.3) is 5.91 Å². The van der Waals surface area contributed by atoms with E-state index in [2.05, 4.69) is 5.32 Å². The smallest absolute Gasteiger partial charge is 0.255 e. The first kappa shape index (κ1) is 16.8. The van der Waals surface area contributed by atoms with E-state index in [4.69, 9.17) is 4.74 Å². The van der Waals surface area contributed by atoms with Crippen molar-refractivity contribution in [3.05, 3.63) is 48.0 Å². The zero-order valence-corrected chi connectivity index (χ0v) is 14.6. The highest BCUT2D eigenvalue weighted by Crippen LogP contribution is 2.34. The second kappa shape index (κ2) is 6.84. The summed E-state index contributed by atoms with van der Waals surface area (Å²) in [7, 11) is 3.90. The van der Waals surface area contributed by atoms with E-state index in [1.54, 1.807) is 35.2 Å². The number of nitrogens with zero attached hydrogens (tertiary/aromatic N) is 2. The van der Waals surface area contributed by atoms with Crippen LogP contribution in [-0.2, 0) is 4.79 Å². The number of nitrogens with one attached hydrogen (secondary N) is 1. The van der Waals surface area contributed by atoms with Gasteiger partial charge >= 0.3 is 0 Å². The van der Waals surface area contributed by atoms with E-state index in [-0.39, 0.29) is 11.8 Å². The Balaban J connectivity index is 1.80. The molecule has 2 aromatic rings. The van der Waals surface area contributed by atoms with Gasteiger partial charge in [-0.15, -0.1) is 0 Å². The lowest BCUT2D eigenvalue weighted by Crippen LogP contribution is -2.36. The maximum absolute atomic E-state index is 12.4. The van der Waals surface area contributed by atoms with Crippen molar-refractivity contribution < 1.29 is 14.3 Å². The summed E-state index contributed by atoms with van der Waals surface area (Å²) in [5, 5.41) is 2.87. The van der Waals surface area contributed by atoms with Gasteiger partial charge in [-0.3, -0.25) is 9.59 Å². The van der Waals surface area contributed by atoms with Gasteiger partial charge in [-0.05, 0) is 42.5 Å². The second-order valence-electron chi connectivity index (χ2n) is 6.10. The van der Waals surface area contributed by atoms with Crippen LogP contribution in [-0.4, -0.2) is 39.1 Å². The van der Waals surface area contributed by atoms with Crippen molar-refractivity contribution in [3.63, 3.8) is 0 Å². The molecule has 0 bridgehead atoms. The first-order valence-corrected chi connectivity index (χ1v) is 8.09. The summed E-state index contributed by atoms with van der Waals surface area (Å²) < 4.78 is 5.57. The molecule has 1 heterocycles. The summed E-state index contributed by atoms with van der Waals surface area (Å²) in [6.45, 7) is 2.49. The molecule has 0 saturated carbocycles. The maximum atomic E-state index is 12.4. The van der Waals surface area contributed by atoms with Crippen LogP contribution in [0.4, 0.5) is 17.1 Å². The predicted octanol–water partition coefficient (Wildman–Crippen LogP) is 2.75. The number of carbonyl (C=O) groups excluding carboxylic acids is 2. The molecule has 0 aliphatic carbocycles. The molecule has 0 saturated heterocycles. The molecule has 0 unspecified atom stereocenters. The number of carbonyl (C=O) groups is 2. The zero-order valence-electron chi connectivity index (χ0n) is 14.6. The molecule has 2 aromatic carbocycles. The van der Waals surface area contributed by atoms with Gasteiger partial charge in [0.05, 0.1) is 12.2 Å². The normalized spacial score (nSPS) is 12.8. The number of amides is 2. The number of hydrogen-bond acceptors (Lipinski definition) is 4. The molecule has 1 N–H and O–H groups in total. The van der Waals surface area contributed by atoms with Crippen molar-refractivity contribution in [2.75, 3.05) is 42.4 Å². The fourth-order valence-electron chi connectivity index (χ4n) is 2.74. The monoisotopic (exact) mass is 339 g/mol. The Bertz CT molecular complexity index is 800. The van der Waals surface area contributed by atoms with Crippen LogP contribution in [0.1, 0.15) is 17.3 Å². The fourth-order valence-corrected chi connectivity index (χ4v) is 2.74. The highest BCUT2D eigenvalue weighted by Gasteiger charge is 2.21. The van der Waals surface area contributed by atoms with E-state index in [0.717, 1.165) is 5.69 Å². The SMILES string of the molecule is CC(=O)N1CCOc2ccc(NC(=O)c3ccc(N(C)C)cc3)cc21. The maximum Gasteiger partial charge on any atom is 0.255 e. The molecule has 130 valence electrons. The zero-order chi connectivity index (χ0) is 18.0. The van der Waals surface area contributed by atoms with E-state index in [1.165, 1.54) is 6.92 Å². The van der Waals surface area contributed by atoms with E-state index in [0.29, 0.717) is 35.8 Å². The first-order chi connectivity index (χ1) is 12.0. The molecule has 0 spiro atoms. The minimum absolute atomic E-state index is 0.0488. The van der Waals surface area contributed by atoms with Crippen LogP contribution in [0.3, 0.4) is 0 Å². The Hall–Kier alpha value is -3.02. The third-order valence-corrected chi connectivity index (χ3v) is 4.11. The first-order valence-electron chi connectivity index (χ1n) is 8.09. The van der Waals surface area contributed by atoms with Crippen LogP contribution in [0.2, 0.25) is 0 Å². The summed E-state index contributed by atoms with van der Waals surface area (Å²) in [6.07, 6.45) is 0.